The highest BCUT2D eigenvalue weighted by Gasteiger charge is 2.56. The molecule has 2 aliphatic heterocycles. The zero-order valence-corrected chi connectivity index (χ0v) is 17.7. The van der Waals surface area contributed by atoms with E-state index in [-0.39, 0.29) is 31.7 Å². The van der Waals surface area contributed by atoms with Crippen molar-refractivity contribution in [1.82, 2.24) is 9.79 Å². The number of sulfone groups is 1. The molecule has 1 amide bonds. The van der Waals surface area contributed by atoms with E-state index in [0.717, 1.165) is 4.31 Å². The summed E-state index contributed by atoms with van der Waals surface area (Å²) in [5.74, 6) is -3.22. The first kappa shape index (κ1) is 22.8. The second-order valence-electron chi connectivity index (χ2n) is 7.64. The Kier molecular flexibility index (Phi) is 6.33. The van der Waals surface area contributed by atoms with E-state index in [1.165, 1.54) is 29.7 Å². The quantitative estimate of drug-likeness (QED) is 0.369. The van der Waals surface area contributed by atoms with Crippen LogP contribution in [0.15, 0.2) is 24.3 Å². The molecule has 0 saturated carbocycles. The van der Waals surface area contributed by atoms with Crippen molar-refractivity contribution in [2.24, 2.45) is 5.92 Å². The standard InChI is InChI=1S/C18H23FN2O7S2/c19-15-3-1-13(2-4-15)16(22)14-5-9-21(10-6-14)30(27,28)18(17(23)20-24)7-11-29(25,26)12-8-18/h1-4,14,24H,5-12H2,(H,20,23). The van der Waals surface area contributed by atoms with Crippen LogP contribution >= 0.6 is 0 Å². The van der Waals surface area contributed by atoms with Crippen molar-refractivity contribution in [2.75, 3.05) is 24.6 Å². The summed E-state index contributed by atoms with van der Waals surface area (Å²) in [6, 6.07) is 5.12. The van der Waals surface area contributed by atoms with E-state index in [1.807, 2.05) is 0 Å². The molecule has 2 N–H and O–H groups in total. The lowest BCUT2D eigenvalue weighted by molar-refractivity contribution is -0.132. The lowest BCUT2D eigenvalue weighted by Crippen LogP contribution is -2.61. The third-order valence-corrected chi connectivity index (χ3v) is 10.2. The Morgan fingerprint density at radius 1 is 1.10 bits per heavy atom. The molecule has 0 spiro atoms. The Morgan fingerprint density at radius 3 is 2.13 bits per heavy atom. The van der Waals surface area contributed by atoms with E-state index in [9.17, 15) is 30.8 Å². The van der Waals surface area contributed by atoms with Gasteiger partial charge in [-0.05, 0) is 49.9 Å². The molecular weight excluding hydrogens is 439 g/mol. The highest BCUT2D eigenvalue weighted by atomic mass is 32.2. The highest BCUT2D eigenvalue weighted by molar-refractivity contribution is 7.93. The minimum absolute atomic E-state index is 0.0207. The topological polar surface area (TPSA) is 138 Å². The van der Waals surface area contributed by atoms with E-state index in [4.69, 9.17) is 5.21 Å². The van der Waals surface area contributed by atoms with Crippen molar-refractivity contribution in [3.63, 3.8) is 0 Å². The Morgan fingerprint density at radius 2 is 1.63 bits per heavy atom. The summed E-state index contributed by atoms with van der Waals surface area (Å²) >= 11 is 0. The molecule has 0 radical (unpaired) electrons. The van der Waals surface area contributed by atoms with Crippen molar-refractivity contribution in [3.8, 4) is 0 Å². The number of Topliss-reactive ketones (excluding diaryl/α,β-unsaturated/α-hetero) is 1. The van der Waals surface area contributed by atoms with Gasteiger partial charge in [0, 0.05) is 24.6 Å². The maximum atomic E-state index is 13.3. The van der Waals surface area contributed by atoms with Gasteiger partial charge in [0.15, 0.2) is 10.5 Å². The van der Waals surface area contributed by atoms with Crippen LogP contribution in [0.25, 0.3) is 0 Å². The van der Waals surface area contributed by atoms with E-state index < -0.39 is 66.6 Å². The predicted molar refractivity (Wildman–Crippen MR) is 104 cm³/mol. The number of piperidine rings is 1. The van der Waals surface area contributed by atoms with Gasteiger partial charge in [-0.2, -0.15) is 0 Å². The van der Waals surface area contributed by atoms with Gasteiger partial charge in [-0.15, -0.1) is 0 Å². The zero-order chi connectivity index (χ0) is 22.2. The number of nitrogens with one attached hydrogen (secondary N) is 1. The van der Waals surface area contributed by atoms with Crippen LogP contribution in [-0.2, 0) is 24.7 Å². The van der Waals surface area contributed by atoms with Gasteiger partial charge in [-0.25, -0.2) is 31.0 Å². The molecule has 2 fully saturated rings. The van der Waals surface area contributed by atoms with Crippen LogP contribution < -0.4 is 5.48 Å². The predicted octanol–water partition coefficient (Wildman–Crippen LogP) is 0.503. The van der Waals surface area contributed by atoms with Gasteiger partial charge in [0.2, 0.25) is 10.0 Å². The van der Waals surface area contributed by atoms with E-state index >= 15 is 0 Å². The smallest absolute Gasteiger partial charge is 0.266 e. The van der Waals surface area contributed by atoms with Crippen molar-refractivity contribution in [2.45, 2.75) is 30.4 Å². The van der Waals surface area contributed by atoms with Gasteiger partial charge in [0.25, 0.3) is 5.91 Å². The van der Waals surface area contributed by atoms with Gasteiger partial charge in [0.05, 0.1) is 11.5 Å². The maximum Gasteiger partial charge on any atom is 0.266 e. The van der Waals surface area contributed by atoms with Crippen LogP contribution in [0.4, 0.5) is 4.39 Å². The highest BCUT2D eigenvalue weighted by Crippen LogP contribution is 2.36. The van der Waals surface area contributed by atoms with Gasteiger partial charge < -0.3 is 0 Å². The molecule has 0 aromatic heterocycles. The average Bonchev–Trinajstić information content (AvgIpc) is 2.73. The summed E-state index contributed by atoms with van der Waals surface area (Å²) < 4.78 is 62.2. The molecule has 0 atom stereocenters. The fourth-order valence-corrected chi connectivity index (χ4v) is 7.99. The Hall–Kier alpha value is -1.89. The van der Waals surface area contributed by atoms with Crippen molar-refractivity contribution in [1.29, 1.82) is 0 Å². The van der Waals surface area contributed by atoms with Gasteiger partial charge in [0.1, 0.15) is 15.7 Å². The largest absolute Gasteiger partial charge is 0.294 e. The molecular formula is C18H23FN2O7S2. The van der Waals surface area contributed by atoms with E-state index in [0.29, 0.717) is 5.56 Å². The normalized spacial score (nSPS) is 22.3. The number of halogens is 1. The SMILES string of the molecule is O=C(c1ccc(F)cc1)C1CCN(S(=O)(=O)C2(C(=O)NO)CCS(=O)(=O)CC2)CC1. The van der Waals surface area contributed by atoms with Crippen LogP contribution in [-0.4, -0.2) is 67.4 Å². The number of rotatable bonds is 5. The molecule has 1 aromatic carbocycles. The number of carbonyl (C=O) groups is 2. The fourth-order valence-electron chi connectivity index (χ4n) is 4.03. The minimum Gasteiger partial charge on any atom is -0.294 e. The van der Waals surface area contributed by atoms with E-state index in [1.54, 1.807) is 0 Å². The molecule has 12 heteroatoms. The Bertz CT molecular complexity index is 1020. The first-order chi connectivity index (χ1) is 14.0. The van der Waals surface area contributed by atoms with Gasteiger partial charge in [-0.3, -0.25) is 14.8 Å². The lowest BCUT2D eigenvalue weighted by atomic mass is 9.90. The molecule has 30 heavy (non-hydrogen) atoms. The molecule has 3 rings (SSSR count). The zero-order valence-electron chi connectivity index (χ0n) is 16.1. The third-order valence-electron chi connectivity index (χ3n) is 5.94. The number of sulfonamides is 1. The summed E-state index contributed by atoms with van der Waals surface area (Å²) in [7, 11) is -7.75. The molecule has 2 aliphatic rings. The number of ketones is 1. The van der Waals surface area contributed by atoms with Crippen LogP contribution in [0, 0.1) is 11.7 Å². The number of carbonyl (C=O) groups excluding carboxylic acids is 2. The molecule has 2 saturated heterocycles. The van der Waals surface area contributed by atoms with Crippen molar-refractivity contribution in [3.05, 3.63) is 35.6 Å². The molecule has 2 heterocycles. The number of hydroxylamine groups is 1. The number of hydrogen-bond donors (Lipinski definition) is 2. The first-order valence-corrected chi connectivity index (χ1v) is 12.7. The molecule has 1 aromatic rings. The summed E-state index contributed by atoms with van der Waals surface area (Å²) in [5.41, 5.74) is 1.72. The third kappa shape index (κ3) is 4.13. The van der Waals surface area contributed by atoms with Crippen LogP contribution in [0.5, 0.6) is 0 Å². The minimum atomic E-state index is -4.29. The number of hydrogen-bond acceptors (Lipinski definition) is 7. The van der Waals surface area contributed by atoms with Gasteiger partial charge in [-0.1, -0.05) is 0 Å². The Balaban J connectivity index is 1.76. The van der Waals surface area contributed by atoms with Crippen molar-refractivity contribution < 1.29 is 36.0 Å². The van der Waals surface area contributed by atoms with Crippen molar-refractivity contribution >= 4 is 31.6 Å². The number of nitrogens with zero attached hydrogens (tertiary/aromatic N) is 1. The van der Waals surface area contributed by atoms with Crippen LogP contribution in [0.3, 0.4) is 0 Å². The molecule has 0 unspecified atom stereocenters. The average molecular weight is 463 g/mol. The Labute approximate surface area is 174 Å². The second kappa shape index (κ2) is 8.33. The maximum absolute atomic E-state index is 13.3. The number of amides is 1. The first-order valence-electron chi connectivity index (χ1n) is 9.47. The second-order valence-corrected chi connectivity index (χ2v) is 12.2. The molecule has 166 valence electrons. The summed E-state index contributed by atoms with van der Waals surface area (Å²) in [6.07, 6.45) is -0.466. The van der Waals surface area contributed by atoms with Gasteiger partial charge >= 0.3 is 0 Å². The molecule has 0 bridgehead atoms. The molecule has 9 nitrogen and oxygen atoms in total. The summed E-state index contributed by atoms with van der Waals surface area (Å²) in [5, 5.41) is 9.10. The summed E-state index contributed by atoms with van der Waals surface area (Å²) in [4.78, 5) is 24.9. The fraction of sp³-hybridized carbons (Fsp3) is 0.556. The monoisotopic (exact) mass is 462 g/mol. The summed E-state index contributed by atoms with van der Waals surface area (Å²) in [6.45, 7) is -0.0414. The van der Waals surface area contributed by atoms with Crippen LogP contribution in [0.2, 0.25) is 0 Å². The lowest BCUT2D eigenvalue weighted by Gasteiger charge is -2.40. The van der Waals surface area contributed by atoms with Crippen LogP contribution in [0.1, 0.15) is 36.0 Å². The van der Waals surface area contributed by atoms with E-state index in [2.05, 4.69) is 0 Å². The molecule has 0 aliphatic carbocycles. The number of benzene rings is 1.